The van der Waals surface area contributed by atoms with Crippen molar-refractivity contribution in [3.05, 3.63) is 82.8 Å². The molecule has 0 unspecified atom stereocenters. The highest BCUT2D eigenvalue weighted by atomic mass is 16.1. The highest BCUT2D eigenvalue weighted by Gasteiger charge is 2.16. The maximum Gasteiger partial charge on any atom is 0.272 e. The molecule has 4 rings (SSSR count). The number of rotatable bonds is 5. The summed E-state index contributed by atoms with van der Waals surface area (Å²) in [6, 6.07) is 17.8. The summed E-state index contributed by atoms with van der Waals surface area (Å²) in [5.41, 5.74) is 5.49. The number of H-pyrrole nitrogens is 1. The number of carbonyl (C=O) groups excluding carboxylic acids is 1. The van der Waals surface area contributed by atoms with Crippen molar-refractivity contribution >= 4 is 16.8 Å². The van der Waals surface area contributed by atoms with Crippen molar-refractivity contribution in [3.63, 3.8) is 0 Å². The molecular weight excluding hydrogens is 338 g/mol. The Balaban J connectivity index is 1.50. The van der Waals surface area contributed by atoms with Gasteiger partial charge in [-0.25, -0.2) is 0 Å². The molecule has 1 amide bonds. The van der Waals surface area contributed by atoms with E-state index in [4.69, 9.17) is 0 Å². The van der Waals surface area contributed by atoms with Gasteiger partial charge in [0.2, 0.25) is 0 Å². The molecule has 0 saturated carbocycles. The summed E-state index contributed by atoms with van der Waals surface area (Å²) < 4.78 is 1.98. The summed E-state index contributed by atoms with van der Waals surface area (Å²) in [5.74, 6) is -0.193. The number of hydrogen-bond acceptors (Lipinski definition) is 3. The monoisotopic (exact) mass is 359 g/mol. The Hall–Kier alpha value is -3.41. The van der Waals surface area contributed by atoms with E-state index in [0.717, 1.165) is 27.9 Å². The Morgan fingerprint density at radius 1 is 1.07 bits per heavy atom. The zero-order valence-corrected chi connectivity index (χ0v) is 15.4. The molecule has 2 N–H and O–H groups in total. The van der Waals surface area contributed by atoms with Crippen LogP contribution in [-0.2, 0) is 13.1 Å². The molecule has 2 aromatic heterocycles. The van der Waals surface area contributed by atoms with Crippen molar-refractivity contribution in [2.75, 3.05) is 0 Å². The third kappa shape index (κ3) is 3.33. The first-order valence-corrected chi connectivity index (χ1v) is 8.91. The second-order valence-electron chi connectivity index (χ2n) is 6.59. The van der Waals surface area contributed by atoms with Crippen LogP contribution in [0.4, 0.5) is 0 Å². The number of para-hydroxylation sites is 1. The molecule has 0 atom stereocenters. The molecule has 6 nitrogen and oxygen atoms in total. The molecule has 0 aliphatic rings. The van der Waals surface area contributed by atoms with Crippen molar-refractivity contribution in [2.45, 2.75) is 26.9 Å². The molecule has 2 heterocycles. The van der Waals surface area contributed by atoms with Gasteiger partial charge in [0.1, 0.15) is 0 Å². The largest absolute Gasteiger partial charge is 0.346 e. The fourth-order valence-corrected chi connectivity index (χ4v) is 3.29. The lowest BCUT2D eigenvalue weighted by atomic mass is 10.1. The first-order valence-electron chi connectivity index (χ1n) is 8.91. The third-order valence-electron chi connectivity index (χ3n) is 4.82. The average molecular weight is 359 g/mol. The maximum absolute atomic E-state index is 12.6. The van der Waals surface area contributed by atoms with Crippen LogP contribution in [0.2, 0.25) is 0 Å². The lowest BCUT2D eigenvalue weighted by Crippen LogP contribution is -2.24. The van der Waals surface area contributed by atoms with Crippen molar-refractivity contribution in [2.24, 2.45) is 0 Å². The Kier molecular flexibility index (Phi) is 4.46. The van der Waals surface area contributed by atoms with Crippen LogP contribution in [0, 0.1) is 13.8 Å². The van der Waals surface area contributed by atoms with Gasteiger partial charge in [-0.15, -0.1) is 0 Å². The Bertz CT molecular complexity index is 1090. The van der Waals surface area contributed by atoms with Crippen LogP contribution in [0.25, 0.3) is 10.9 Å². The summed E-state index contributed by atoms with van der Waals surface area (Å²) in [6.07, 6.45) is 0. The van der Waals surface area contributed by atoms with E-state index in [-0.39, 0.29) is 5.91 Å². The van der Waals surface area contributed by atoms with Crippen molar-refractivity contribution in [1.29, 1.82) is 0 Å². The molecule has 0 aliphatic heterocycles. The maximum atomic E-state index is 12.6. The number of fused-ring (bicyclic) bond motifs is 1. The number of amides is 1. The summed E-state index contributed by atoms with van der Waals surface area (Å²) in [7, 11) is 0. The molecule has 27 heavy (non-hydrogen) atoms. The molecule has 4 aromatic rings. The van der Waals surface area contributed by atoms with Gasteiger partial charge in [-0.1, -0.05) is 48.5 Å². The van der Waals surface area contributed by atoms with Crippen LogP contribution in [0.5, 0.6) is 0 Å². The highest BCUT2D eigenvalue weighted by molar-refractivity contribution is 6.04. The zero-order chi connectivity index (χ0) is 18.8. The third-order valence-corrected chi connectivity index (χ3v) is 4.82. The summed E-state index contributed by atoms with van der Waals surface area (Å²) in [6.45, 7) is 5.15. The smallest absolute Gasteiger partial charge is 0.272 e. The standard InChI is InChI=1S/C21H21N5O/c1-14-18(15(2)26(25-14)13-16-8-4-3-5-9-16)12-22-21(27)20-17-10-6-7-11-19(17)23-24-20/h3-11H,12-13H2,1-2H3,(H,22,27)(H,23,24). The van der Waals surface area contributed by atoms with Gasteiger partial charge >= 0.3 is 0 Å². The quantitative estimate of drug-likeness (QED) is 0.574. The number of nitrogens with zero attached hydrogens (tertiary/aromatic N) is 3. The minimum atomic E-state index is -0.193. The van der Waals surface area contributed by atoms with E-state index >= 15 is 0 Å². The van der Waals surface area contributed by atoms with E-state index in [2.05, 4.69) is 32.7 Å². The van der Waals surface area contributed by atoms with Gasteiger partial charge in [-0.3, -0.25) is 14.6 Å². The SMILES string of the molecule is Cc1nn(Cc2ccccc2)c(C)c1CNC(=O)c1n[nH]c2ccccc12. The zero-order valence-electron chi connectivity index (χ0n) is 15.4. The van der Waals surface area contributed by atoms with Gasteiger partial charge < -0.3 is 5.32 Å². The van der Waals surface area contributed by atoms with Crippen molar-refractivity contribution < 1.29 is 4.79 Å². The van der Waals surface area contributed by atoms with Gasteiger partial charge in [0.05, 0.1) is 17.8 Å². The highest BCUT2D eigenvalue weighted by Crippen LogP contribution is 2.17. The predicted octanol–water partition coefficient (Wildman–Crippen LogP) is 3.35. The van der Waals surface area contributed by atoms with Gasteiger partial charge in [0, 0.05) is 23.2 Å². The fraction of sp³-hybridized carbons (Fsp3) is 0.190. The molecule has 0 spiro atoms. The minimum absolute atomic E-state index is 0.193. The molecule has 0 fully saturated rings. The van der Waals surface area contributed by atoms with E-state index in [0.29, 0.717) is 18.8 Å². The number of aromatic amines is 1. The van der Waals surface area contributed by atoms with Crippen LogP contribution in [0.1, 0.15) is 33.0 Å². The van der Waals surface area contributed by atoms with E-state index in [1.807, 2.05) is 61.0 Å². The van der Waals surface area contributed by atoms with Crippen LogP contribution in [-0.4, -0.2) is 25.9 Å². The minimum Gasteiger partial charge on any atom is -0.346 e. The van der Waals surface area contributed by atoms with Crippen molar-refractivity contribution in [3.8, 4) is 0 Å². The Labute approximate surface area is 157 Å². The number of benzene rings is 2. The van der Waals surface area contributed by atoms with Crippen LogP contribution in [0.3, 0.4) is 0 Å². The van der Waals surface area contributed by atoms with Crippen LogP contribution < -0.4 is 5.32 Å². The van der Waals surface area contributed by atoms with Crippen LogP contribution >= 0.6 is 0 Å². The number of aryl methyl sites for hydroxylation is 1. The topological polar surface area (TPSA) is 75.6 Å². The first kappa shape index (κ1) is 17.0. The summed E-state index contributed by atoms with van der Waals surface area (Å²) in [5, 5.41) is 15.5. The molecule has 0 bridgehead atoms. The lowest BCUT2D eigenvalue weighted by Gasteiger charge is -2.07. The van der Waals surface area contributed by atoms with E-state index in [1.165, 1.54) is 5.56 Å². The predicted molar refractivity (Wildman–Crippen MR) is 105 cm³/mol. The molecule has 0 aliphatic carbocycles. The summed E-state index contributed by atoms with van der Waals surface area (Å²) in [4.78, 5) is 12.6. The summed E-state index contributed by atoms with van der Waals surface area (Å²) >= 11 is 0. The van der Waals surface area contributed by atoms with Gasteiger partial charge in [0.15, 0.2) is 5.69 Å². The van der Waals surface area contributed by atoms with Gasteiger partial charge in [0.25, 0.3) is 5.91 Å². The number of aromatic nitrogens is 4. The average Bonchev–Trinajstić information content (AvgIpc) is 3.22. The van der Waals surface area contributed by atoms with E-state index in [9.17, 15) is 4.79 Å². The number of carbonyl (C=O) groups is 1. The fourth-order valence-electron chi connectivity index (χ4n) is 3.29. The second-order valence-corrected chi connectivity index (χ2v) is 6.59. The number of nitrogens with one attached hydrogen (secondary N) is 2. The molecular formula is C21H21N5O. The van der Waals surface area contributed by atoms with Gasteiger partial charge in [-0.05, 0) is 25.5 Å². The Morgan fingerprint density at radius 2 is 1.81 bits per heavy atom. The van der Waals surface area contributed by atoms with Crippen molar-refractivity contribution in [1.82, 2.24) is 25.3 Å². The lowest BCUT2D eigenvalue weighted by molar-refractivity contribution is 0.0947. The number of hydrogen-bond donors (Lipinski definition) is 2. The molecule has 2 aromatic carbocycles. The normalized spacial score (nSPS) is 11.0. The molecule has 136 valence electrons. The molecule has 6 heteroatoms. The molecule has 0 saturated heterocycles. The van der Waals surface area contributed by atoms with Crippen LogP contribution in [0.15, 0.2) is 54.6 Å². The Morgan fingerprint density at radius 3 is 2.63 bits per heavy atom. The second kappa shape index (κ2) is 7.07. The van der Waals surface area contributed by atoms with Gasteiger partial charge in [-0.2, -0.15) is 10.2 Å². The van der Waals surface area contributed by atoms with E-state index < -0.39 is 0 Å². The molecule has 0 radical (unpaired) electrons. The van der Waals surface area contributed by atoms with E-state index in [1.54, 1.807) is 0 Å². The first-order chi connectivity index (χ1) is 13.1.